The fourth-order valence-electron chi connectivity index (χ4n) is 4.09. The monoisotopic (exact) mass is 484 g/mol. The summed E-state index contributed by atoms with van der Waals surface area (Å²) in [6, 6.07) is 15.9. The highest BCUT2D eigenvalue weighted by atomic mass is 19.1. The molecule has 1 N–H and O–H groups in total. The van der Waals surface area contributed by atoms with Gasteiger partial charge in [0.05, 0.1) is 41.9 Å². The van der Waals surface area contributed by atoms with Crippen LogP contribution in [0.5, 0.6) is 5.75 Å². The number of carbonyl (C=O) groups is 3. The molecule has 0 radical (unpaired) electrons. The Labute approximate surface area is 205 Å². The Bertz CT molecular complexity index is 1450. The van der Waals surface area contributed by atoms with Gasteiger partial charge in [-0.25, -0.2) is 9.37 Å². The Morgan fingerprint density at radius 3 is 2.42 bits per heavy atom. The van der Waals surface area contributed by atoms with Gasteiger partial charge in [0.25, 0.3) is 17.7 Å². The predicted octanol–water partition coefficient (Wildman–Crippen LogP) is 4.46. The fraction of sp³-hybridized carbons (Fsp3) is 0.111. The molecule has 0 aliphatic carbocycles. The van der Waals surface area contributed by atoms with E-state index in [4.69, 9.17) is 4.74 Å². The Morgan fingerprint density at radius 1 is 1.03 bits per heavy atom. The highest BCUT2D eigenvalue weighted by Gasteiger charge is 2.35. The summed E-state index contributed by atoms with van der Waals surface area (Å²) in [5.41, 5.74) is 2.03. The quantitative estimate of drug-likeness (QED) is 0.391. The van der Waals surface area contributed by atoms with Gasteiger partial charge in [0.1, 0.15) is 11.6 Å². The lowest BCUT2D eigenvalue weighted by Crippen LogP contribution is -2.29. The molecule has 0 saturated heterocycles. The van der Waals surface area contributed by atoms with E-state index in [2.05, 4.69) is 10.3 Å². The molecule has 0 atom stereocenters. The van der Waals surface area contributed by atoms with Crippen molar-refractivity contribution in [2.45, 2.75) is 13.5 Å². The zero-order valence-electron chi connectivity index (χ0n) is 19.3. The fourth-order valence-corrected chi connectivity index (χ4v) is 4.09. The maximum atomic E-state index is 14.6. The summed E-state index contributed by atoms with van der Waals surface area (Å²) >= 11 is 0. The van der Waals surface area contributed by atoms with Gasteiger partial charge in [0.15, 0.2) is 0 Å². The summed E-state index contributed by atoms with van der Waals surface area (Å²) < 4.78 is 21.8. The number of aromatic nitrogens is 2. The van der Waals surface area contributed by atoms with E-state index in [1.165, 1.54) is 23.0 Å². The number of hydrogen-bond donors (Lipinski definition) is 1. The van der Waals surface area contributed by atoms with Gasteiger partial charge in [0, 0.05) is 18.1 Å². The van der Waals surface area contributed by atoms with E-state index in [1.54, 1.807) is 67.8 Å². The highest BCUT2D eigenvalue weighted by Crippen LogP contribution is 2.27. The number of benzene rings is 3. The van der Waals surface area contributed by atoms with Crippen LogP contribution in [0, 0.1) is 5.82 Å². The maximum absolute atomic E-state index is 14.6. The highest BCUT2D eigenvalue weighted by molar-refractivity contribution is 6.21. The molecule has 36 heavy (non-hydrogen) atoms. The molecule has 0 bridgehead atoms. The van der Waals surface area contributed by atoms with Gasteiger partial charge >= 0.3 is 0 Å². The second-order valence-electron chi connectivity index (χ2n) is 8.10. The third kappa shape index (κ3) is 4.22. The van der Waals surface area contributed by atoms with Crippen molar-refractivity contribution in [3.63, 3.8) is 0 Å². The summed E-state index contributed by atoms with van der Waals surface area (Å²) in [4.78, 5) is 43.7. The van der Waals surface area contributed by atoms with Crippen LogP contribution in [0.2, 0.25) is 0 Å². The van der Waals surface area contributed by atoms with E-state index < -0.39 is 11.7 Å². The number of fused-ring (bicyclic) bond motifs is 1. The van der Waals surface area contributed by atoms with Crippen LogP contribution in [-0.2, 0) is 6.54 Å². The number of imidazole rings is 1. The van der Waals surface area contributed by atoms with Gasteiger partial charge in [-0.3, -0.25) is 19.3 Å². The molecular formula is C27H21FN4O4. The summed E-state index contributed by atoms with van der Waals surface area (Å²) in [5, 5.41) is 2.69. The molecule has 3 amide bonds. The molecule has 180 valence electrons. The molecule has 1 aliphatic heterocycles. The number of anilines is 1. The molecular weight excluding hydrogens is 463 g/mol. The number of imide groups is 1. The zero-order valence-corrected chi connectivity index (χ0v) is 19.3. The lowest BCUT2D eigenvalue weighted by Gasteiger charge is -2.17. The first-order valence-corrected chi connectivity index (χ1v) is 11.3. The Balaban J connectivity index is 1.39. The molecule has 3 aromatic carbocycles. The number of hydrogen-bond acceptors (Lipinski definition) is 5. The third-order valence-electron chi connectivity index (χ3n) is 5.80. The molecule has 0 spiro atoms. The lowest BCUT2D eigenvalue weighted by atomic mass is 10.1. The van der Waals surface area contributed by atoms with Gasteiger partial charge in [-0.15, -0.1) is 0 Å². The molecule has 9 heteroatoms. The van der Waals surface area contributed by atoms with E-state index in [-0.39, 0.29) is 29.6 Å². The first-order valence-electron chi connectivity index (χ1n) is 11.3. The van der Waals surface area contributed by atoms with Crippen LogP contribution >= 0.6 is 0 Å². The zero-order chi connectivity index (χ0) is 25.2. The van der Waals surface area contributed by atoms with E-state index in [0.29, 0.717) is 34.7 Å². The molecule has 0 saturated carbocycles. The van der Waals surface area contributed by atoms with Crippen molar-refractivity contribution in [2.24, 2.45) is 0 Å². The summed E-state index contributed by atoms with van der Waals surface area (Å²) in [5.74, 6) is -1.49. The van der Waals surface area contributed by atoms with Crippen molar-refractivity contribution in [3.05, 3.63) is 107 Å². The number of nitrogens with zero attached hydrogens (tertiary/aromatic N) is 3. The smallest absolute Gasteiger partial charge is 0.261 e. The standard InChI is InChI=1S/C27H21FN4O4/c1-2-36-24-10-7-17(15-32-26(34)19-5-3-4-6-20(19)27(32)35)13-21(24)25(33)30-18-8-9-23(22(28)14-18)31-12-11-29-16-31/h3-14,16H,2,15H2,1H3,(H,30,33). The topological polar surface area (TPSA) is 93.5 Å². The second-order valence-corrected chi connectivity index (χ2v) is 8.10. The lowest BCUT2D eigenvalue weighted by molar-refractivity contribution is 0.0642. The summed E-state index contributed by atoms with van der Waals surface area (Å²) in [6.07, 6.45) is 4.63. The van der Waals surface area contributed by atoms with E-state index >= 15 is 0 Å². The normalized spacial score (nSPS) is 12.6. The van der Waals surface area contributed by atoms with E-state index in [0.717, 1.165) is 4.90 Å². The molecule has 5 rings (SSSR count). The first kappa shape index (κ1) is 23.0. The van der Waals surface area contributed by atoms with Crippen LogP contribution in [0.3, 0.4) is 0 Å². The van der Waals surface area contributed by atoms with Gasteiger partial charge in [-0.2, -0.15) is 0 Å². The van der Waals surface area contributed by atoms with Crippen molar-refractivity contribution >= 4 is 23.4 Å². The average Bonchev–Trinajstić information content (AvgIpc) is 3.49. The number of nitrogens with one attached hydrogen (secondary N) is 1. The largest absolute Gasteiger partial charge is 0.493 e. The van der Waals surface area contributed by atoms with Gasteiger partial charge in [-0.1, -0.05) is 18.2 Å². The first-order chi connectivity index (χ1) is 17.5. The van der Waals surface area contributed by atoms with Crippen LogP contribution in [-0.4, -0.2) is 38.8 Å². The molecule has 2 heterocycles. The van der Waals surface area contributed by atoms with Gasteiger partial charge in [0.2, 0.25) is 0 Å². The SMILES string of the molecule is CCOc1ccc(CN2C(=O)c3ccccc3C2=O)cc1C(=O)Nc1ccc(-n2ccnc2)c(F)c1. The van der Waals surface area contributed by atoms with Crippen molar-refractivity contribution in [3.8, 4) is 11.4 Å². The molecule has 0 unspecified atom stereocenters. The predicted molar refractivity (Wildman–Crippen MR) is 130 cm³/mol. The van der Waals surface area contributed by atoms with Crippen LogP contribution in [0.1, 0.15) is 43.6 Å². The molecule has 8 nitrogen and oxygen atoms in total. The Morgan fingerprint density at radius 2 is 1.78 bits per heavy atom. The van der Waals surface area contributed by atoms with Crippen LogP contribution in [0.4, 0.5) is 10.1 Å². The van der Waals surface area contributed by atoms with Crippen molar-refractivity contribution in [2.75, 3.05) is 11.9 Å². The number of rotatable bonds is 7. The van der Waals surface area contributed by atoms with Crippen molar-refractivity contribution in [1.29, 1.82) is 0 Å². The second kappa shape index (κ2) is 9.46. The number of halogens is 1. The Kier molecular flexibility index (Phi) is 6.03. The number of ether oxygens (including phenoxy) is 1. The van der Waals surface area contributed by atoms with Crippen molar-refractivity contribution in [1.82, 2.24) is 14.5 Å². The minimum atomic E-state index is -0.532. The minimum absolute atomic E-state index is 0.00668. The Hall–Kier alpha value is -4.79. The number of amides is 3. The number of carbonyl (C=O) groups excluding carboxylic acids is 3. The summed E-state index contributed by atoms with van der Waals surface area (Å²) in [6.45, 7) is 2.11. The summed E-state index contributed by atoms with van der Waals surface area (Å²) in [7, 11) is 0. The van der Waals surface area contributed by atoms with E-state index in [1.807, 2.05) is 0 Å². The third-order valence-corrected chi connectivity index (χ3v) is 5.80. The maximum Gasteiger partial charge on any atom is 0.261 e. The van der Waals surface area contributed by atoms with Crippen molar-refractivity contribution < 1.29 is 23.5 Å². The average molecular weight is 484 g/mol. The van der Waals surface area contributed by atoms with Crippen LogP contribution < -0.4 is 10.1 Å². The molecule has 0 fully saturated rings. The minimum Gasteiger partial charge on any atom is -0.493 e. The molecule has 1 aromatic heterocycles. The van der Waals surface area contributed by atoms with Crippen LogP contribution in [0.15, 0.2) is 79.4 Å². The van der Waals surface area contributed by atoms with E-state index in [9.17, 15) is 18.8 Å². The molecule has 1 aliphatic rings. The van der Waals surface area contributed by atoms with Crippen LogP contribution in [0.25, 0.3) is 5.69 Å². The van der Waals surface area contributed by atoms with Gasteiger partial charge in [-0.05, 0) is 55.0 Å². The van der Waals surface area contributed by atoms with Gasteiger partial charge < -0.3 is 14.6 Å². The molecule has 4 aromatic rings.